The molecule has 2 aromatic carbocycles. The molecule has 26 heavy (non-hydrogen) atoms. The summed E-state index contributed by atoms with van der Waals surface area (Å²) in [6, 6.07) is 10.9. The van der Waals surface area contributed by atoms with Crippen molar-refractivity contribution >= 4 is 46.7 Å². The predicted octanol–water partition coefficient (Wildman–Crippen LogP) is 2.48. The van der Waals surface area contributed by atoms with E-state index in [-0.39, 0.29) is 6.61 Å². The molecule has 3 N–H and O–H groups in total. The minimum absolute atomic E-state index is 0.248. The van der Waals surface area contributed by atoms with Crippen LogP contribution in [0.2, 0.25) is 10.0 Å². The van der Waals surface area contributed by atoms with Gasteiger partial charge in [0.25, 0.3) is 0 Å². The lowest BCUT2D eigenvalue weighted by Gasteiger charge is -2.13. The molecule has 138 valence electrons. The number of hydrogen-bond acceptors (Lipinski definition) is 3. The summed E-state index contributed by atoms with van der Waals surface area (Å²) in [7, 11) is 1.74. The van der Waals surface area contributed by atoms with E-state index in [1.165, 1.54) is 0 Å². The lowest BCUT2D eigenvalue weighted by molar-refractivity contribution is -0.500. The summed E-state index contributed by atoms with van der Waals surface area (Å²) < 4.78 is 11.6. The molecule has 0 fully saturated rings. The highest BCUT2D eigenvalue weighted by atomic mass is 35.5. The van der Waals surface area contributed by atoms with E-state index < -0.39 is 0 Å². The molecule has 0 aliphatic carbocycles. The summed E-state index contributed by atoms with van der Waals surface area (Å²) in [5.74, 6) is 1.24. The fraction of sp³-hybridized carbons (Fsp3) is 0.222. The Labute approximate surface area is 168 Å². The van der Waals surface area contributed by atoms with Gasteiger partial charge in [-0.1, -0.05) is 29.3 Å². The van der Waals surface area contributed by atoms with Gasteiger partial charge in [-0.25, -0.2) is 0 Å². The topological polar surface area (TPSA) is 56.5 Å². The van der Waals surface area contributed by atoms with Crippen molar-refractivity contribution < 1.29 is 14.6 Å². The lowest BCUT2D eigenvalue weighted by atomic mass is 10.2. The maximum absolute atomic E-state index is 6.19. The third-order valence-corrected chi connectivity index (χ3v) is 4.37. The molecule has 0 atom stereocenters. The average molecular weight is 413 g/mol. The summed E-state index contributed by atoms with van der Waals surface area (Å²) in [6.45, 7) is 2.68. The van der Waals surface area contributed by atoms with Crippen molar-refractivity contribution in [2.45, 2.75) is 13.5 Å². The Morgan fingerprint density at radius 1 is 1.15 bits per heavy atom. The Morgan fingerprint density at radius 2 is 1.88 bits per heavy atom. The number of halogens is 2. The van der Waals surface area contributed by atoms with E-state index >= 15 is 0 Å². The maximum atomic E-state index is 6.19. The molecule has 0 radical (unpaired) electrons. The van der Waals surface area contributed by atoms with Gasteiger partial charge in [-0.05, 0) is 49.5 Å². The first kappa shape index (κ1) is 20.3. The maximum Gasteiger partial charge on any atom is 0.223 e. The molecular formula is C18H20Cl2N3O2S+. The molecule has 0 heterocycles. The number of thiocarbonyl (C=S) groups is 1. The van der Waals surface area contributed by atoms with Crippen LogP contribution in [0.25, 0.3) is 0 Å². The molecule has 0 saturated heterocycles. The summed E-state index contributed by atoms with van der Waals surface area (Å²) in [5, 5.41) is 7.33. The van der Waals surface area contributed by atoms with Crippen molar-refractivity contribution in [1.29, 1.82) is 0 Å². The first-order valence-electron chi connectivity index (χ1n) is 7.94. The van der Waals surface area contributed by atoms with Crippen LogP contribution in [-0.2, 0) is 6.61 Å². The van der Waals surface area contributed by atoms with Crippen LogP contribution in [0.1, 0.15) is 18.1 Å². The number of ether oxygens (including phenoxy) is 2. The molecule has 0 aliphatic rings. The van der Waals surface area contributed by atoms with Crippen LogP contribution in [0, 0.1) is 0 Å². The van der Waals surface area contributed by atoms with Gasteiger partial charge >= 0.3 is 0 Å². The van der Waals surface area contributed by atoms with Crippen LogP contribution in [-0.4, -0.2) is 25.0 Å². The largest absolute Gasteiger partial charge is 0.490 e. The number of hydrazone groups is 1. The van der Waals surface area contributed by atoms with Crippen molar-refractivity contribution in [2.75, 3.05) is 13.7 Å². The lowest BCUT2D eigenvalue weighted by Crippen LogP contribution is -2.82. The second-order valence-corrected chi connectivity index (χ2v) is 6.34. The zero-order valence-electron chi connectivity index (χ0n) is 14.4. The third-order valence-electron chi connectivity index (χ3n) is 3.35. The number of benzene rings is 2. The molecule has 0 bridgehead atoms. The van der Waals surface area contributed by atoms with Gasteiger partial charge in [0, 0.05) is 28.2 Å². The molecule has 0 unspecified atom stereocenters. The van der Waals surface area contributed by atoms with Gasteiger partial charge in [-0.3, -0.25) is 0 Å². The molecule has 0 aromatic heterocycles. The first-order chi connectivity index (χ1) is 12.5. The highest BCUT2D eigenvalue weighted by Gasteiger charge is 2.11. The molecule has 0 aliphatic heterocycles. The van der Waals surface area contributed by atoms with Gasteiger partial charge in [-0.2, -0.15) is 0 Å². The average Bonchev–Trinajstić information content (AvgIpc) is 2.62. The zero-order chi connectivity index (χ0) is 18.9. The van der Waals surface area contributed by atoms with Gasteiger partial charge in [0.15, 0.2) is 17.7 Å². The molecule has 0 amide bonds. The molecule has 8 heteroatoms. The van der Waals surface area contributed by atoms with Crippen LogP contribution >= 0.6 is 35.4 Å². The highest BCUT2D eigenvalue weighted by molar-refractivity contribution is 7.80. The Kier molecular flexibility index (Phi) is 7.97. The molecule has 2 aromatic rings. The Bertz CT molecular complexity index is 780. The quantitative estimate of drug-likeness (QED) is 0.370. The number of nitrogens with one attached hydrogen (secondary N) is 3. The smallest absolute Gasteiger partial charge is 0.223 e. The zero-order valence-corrected chi connectivity index (χ0v) is 16.8. The van der Waals surface area contributed by atoms with Gasteiger partial charge in [0.05, 0.1) is 6.61 Å². The summed E-state index contributed by atoms with van der Waals surface area (Å²) in [4.78, 5) is 0. The van der Waals surface area contributed by atoms with Crippen molar-refractivity contribution in [3.63, 3.8) is 0 Å². The SMILES string of the molecule is CCOc1cc(C=[NH+]NC(=S)NC)ccc1OCc1c(Cl)cccc1Cl. The van der Waals surface area contributed by atoms with E-state index in [1.54, 1.807) is 31.5 Å². The molecule has 2 rings (SSSR count). The van der Waals surface area contributed by atoms with E-state index in [2.05, 4.69) is 15.8 Å². The third kappa shape index (κ3) is 5.76. The van der Waals surface area contributed by atoms with Crippen molar-refractivity contribution in [3.8, 4) is 11.5 Å². The molecule has 5 nitrogen and oxygen atoms in total. The standard InChI is InChI=1S/C18H19Cl2N3O2S/c1-3-24-17-9-12(10-22-23-18(26)21-2)7-8-16(17)25-11-13-14(19)5-4-6-15(13)20/h4-10H,3,11H2,1-2H3,(H2,21,23,26)/p+1. The second kappa shape index (κ2) is 10.2. The highest BCUT2D eigenvalue weighted by Crippen LogP contribution is 2.31. The summed E-state index contributed by atoms with van der Waals surface area (Å²) in [6.07, 6.45) is 1.76. The van der Waals surface area contributed by atoms with Crippen LogP contribution in [0.5, 0.6) is 11.5 Å². The minimum atomic E-state index is 0.248. The summed E-state index contributed by atoms with van der Waals surface area (Å²) in [5.41, 5.74) is 4.45. The van der Waals surface area contributed by atoms with Crippen LogP contribution in [0.15, 0.2) is 36.4 Å². The van der Waals surface area contributed by atoms with Crippen molar-refractivity contribution in [2.24, 2.45) is 0 Å². The fourth-order valence-corrected chi connectivity index (χ4v) is 2.64. The van der Waals surface area contributed by atoms with Gasteiger partial charge in [0.2, 0.25) is 5.11 Å². The van der Waals surface area contributed by atoms with Crippen LogP contribution in [0.4, 0.5) is 0 Å². The van der Waals surface area contributed by atoms with Gasteiger partial charge in [-0.15, -0.1) is 10.5 Å². The van der Waals surface area contributed by atoms with Gasteiger partial charge in [0.1, 0.15) is 6.61 Å². The van der Waals surface area contributed by atoms with E-state index in [9.17, 15) is 0 Å². The normalized spacial score (nSPS) is 10.6. The Morgan fingerprint density at radius 3 is 2.54 bits per heavy atom. The van der Waals surface area contributed by atoms with Crippen LogP contribution in [0.3, 0.4) is 0 Å². The minimum Gasteiger partial charge on any atom is -0.490 e. The van der Waals surface area contributed by atoms with E-state index in [4.69, 9.17) is 44.9 Å². The van der Waals surface area contributed by atoms with Crippen molar-refractivity contribution in [3.05, 3.63) is 57.6 Å². The number of rotatable bonds is 7. The van der Waals surface area contributed by atoms with Gasteiger partial charge < -0.3 is 14.8 Å². The van der Waals surface area contributed by atoms with E-state index in [1.807, 2.05) is 25.1 Å². The summed E-state index contributed by atoms with van der Waals surface area (Å²) >= 11 is 17.4. The number of hydrazine groups is 1. The number of hydrogen-bond donors (Lipinski definition) is 3. The fourth-order valence-electron chi connectivity index (χ4n) is 2.07. The van der Waals surface area contributed by atoms with Crippen molar-refractivity contribution in [1.82, 2.24) is 10.7 Å². The van der Waals surface area contributed by atoms with E-state index in [0.717, 1.165) is 11.1 Å². The monoisotopic (exact) mass is 412 g/mol. The Hall–Kier alpha value is -2.02. The Balaban J connectivity index is 2.14. The second-order valence-electron chi connectivity index (χ2n) is 5.12. The van der Waals surface area contributed by atoms with Crippen LogP contribution < -0.4 is 25.3 Å². The molecular weight excluding hydrogens is 393 g/mol. The first-order valence-corrected chi connectivity index (χ1v) is 9.10. The van der Waals surface area contributed by atoms with E-state index in [0.29, 0.717) is 33.3 Å². The molecule has 0 spiro atoms. The molecule has 0 saturated carbocycles. The predicted molar refractivity (Wildman–Crippen MR) is 109 cm³/mol.